The summed E-state index contributed by atoms with van der Waals surface area (Å²) in [6.07, 6.45) is 0. The summed E-state index contributed by atoms with van der Waals surface area (Å²) in [7, 11) is 0. The van der Waals surface area contributed by atoms with E-state index in [4.69, 9.17) is 5.14 Å². The molecular formula is C10H15NOS. The first kappa shape index (κ1) is 10.6. The quantitative estimate of drug-likeness (QED) is 0.700. The normalized spacial score (nSPS) is 14.2. The van der Waals surface area contributed by atoms with Crippen molar-refractivity contribution in [1.29, 1.82) is 0 Å². The minimum absolute atomic E-state index is 0.134. The van der Waals surface area contributed by atoms with Crippen molar-refractivity contribution in [1.82, 2.24) is 0 Å². The van der Waals surface area contributed by atoms with Gasteiger partial charge >= 0.3 is 0 Å². The van der Waals surface area contributed by atoms with Crippen LogP contribution in [0.25, 0.3) is 0 Å². The number of hydrogen-bond acceptors (Lipinski definition) is 2. The molecule has 13 heavy (non-hydrogen) atoms. The Kier molecular flexibility index (Phi) is 3.01. The first-order chi connectivity index (χ1) is 5.91. The Hall–Kier alpha value is -0.510. The zero-order chi connectivity index (χ0) is 10.1. The third-order valence-corrected chi connectivity index (χ3v) is 2.69. The highest BCUT2D eigenvalue weighted by atomic mass is 32.2. The maximum absolute atomic E-state index is 10.9. The van der Waals surface area contributed by atoms with Gasteiger partial charge in [0.05, 0.1) is 11.4 Å². The number of nitrogens with two attached hydrogens (primary N) is 1. The van der Waals surface area contributed by atoms with E-state index in [0.29, 0.717) is 4.90 Å². The van der Waals surface area contributed by atoms with Crippen molar-refractivity contribution in [2.45, 2.75) is 31.1 Å². The number of benzene rings is 1. The molecule has 0 aliphatic rings. The Morgan fingerprint density at radius 3 is 1.92 bits per heavy atom. The predicted molar refractivity (Wildman–Crippen MR) is 55.7 cm³/mol. The second-order valence-electron chi connectivity index (χ2n) is 4.07. The van der Waals surface area contributed by atoms with E-state index in [1.807, 2.05) is 24.3 Å². The summed E-state index contributed by atoms with van der Waals surface area (Å²) in [4.78, 5) is 0.674. The monoisotopic (exact) mass is 197 g/mol. The van der Waals surface area contributed by atoms with Crippen LogP contribution in [0.3, 0.4) is 0 Å². The fourth-order valence-corrected chi connectivity index (χ4v) is 1.49. The largest absolute Gasteiger partial charge is 0.593 e. The molecule has 0 bridgehead atoms. The maximum Gasteiger partial charge on any atom is 0.173 e. The molecule has 1 unspecified atom stereocenters. The van der Waals surface area contributed by atoms with Crippen molar-refractivity contribution in [2.75, 3.05) is 0 Å². The molecule has 1 rings (SSSR count). The van der Waals surface area contributed by atoms with Gasteiger partial charge in [0.1, 0.15) is 0 Å². The van der Waals surface area contributed by atoms with Crippen molar-refractivity contribution in [3.63, 3.8) is 0 Å². The molecule has 0 aromatic heterocycles. The summed E-state index contributed by atoms with van der Waals surface area (Å²) < 4.78 is 10.9. The summed E-state index contributed by atoms with van der Waals surface area (Å²) in [5.74, 6) is 0. The van der Waals surface area contributed by atoms with Crippen LogP contribution in [0.15, 0.2) is 29.2 Å². The standard InChI is InChI=1S/C10H15NOS/c1-10(2,3)8-4-6-9(7-5-8)13(11)12/h4-7H,11H2,1-3H3. The van der Waals surface area contributed by atoms with Gasteiger partial charge in [0.25, 0.3) is 0 Å². The Labute approximate surface area is 82.5 Å². The molecule has 72 valence electrons. The molecule has 2 nitrogen and oxygen atoms in total. The van der Waals surface area contributed by atoms with Crippen molar-refractivity contribution in [3.8, 4) is 0 Å². The molecule has 1 atom stereocenters. The molecule has 2 N–H and O–H groups in total. The molecule has 0 amide bonds. The molecule has 0 aliphatic carbocycles. The first-order valence-electron chi connectivity index (χ1n) is 4.18. The summed E-state index contributed by atoms with van der Waals surface area (Å²) in [6.45, 7) is 6.42. The zero-order valence-corrected chi connectivity index (χ0v) is 9.02. The average molecular weight is 197 g/mol. The van der Waals surface area contributed by atoms with E-state index >= 15 is 0 Å². The van der Waals surface area contributed by atoms with Crippen LogP contribution in [-0.4, -0.2) is 4.55 Å². The van der Waals surface area contributed by atoms with Gasteiger partial charge in [0, 0.05) is 0 Å². The molecule has 1 aromatic rings. The van der Waals surface area contributed by atoms with Crippen LogP contribution in [0, 0.1) is 0 Å². The van der Waals surface area contributed by atoms with Gasteiger partial charge in [0.2, 0.25) is 0 Å². The van der Waals surface area contributed by atoms with Crippen LogP contribution in [0.4, 0.5) is 0 Å². The Balaban J connectivity index is 2.94. The molecule has 0 aliphatic heterocycles. The predicted octanol–water partition coefficient (Wildman–Crippen LogP) is 1.97. The smallest absolute Gasteiger partial charge is 0.173 e. The minimum atomic E-state index is -1.36. The molecule has 3 heteroatoms. The van der Waals surface area contributed by atoms with Gasteiger partial charge in [-0.3, -0.25) is 0 Å². The fourth-order valence-electron chi connectivity index (χ4n) is 1.09. The van der Waals surface area contributed by atoms with E-state index in [1.165, 1.54) is 5.56 Å². The third-order valence-electron chi connectivity index (χ3n) is 1.95. The number of rotatable bonds is 1. The van der Waals surface area contributed by atoms with Gasteiger partial charge in [-0.1, -0.05) is 32.9 Å². The number of hydrogen-bond donors (Lipinski definition) is 1. The lowest BCUT2D eigenvalue weighted by atomic mass is 9.87. The summed E-state index contributed by atoms with van der Waals surface area (Å²) >= 11 is -1.36. The first-order valence-corrected chi connectivity index (χ1v) is 5.39. The fraction of sp³-hybridized carbons (Fsp3) is 0.400. The lowest BCUT2D eigenvalue weighted by molar-refractivity contribution is 0.586. The third kappa shape index (κ3) is 2.72. The zero-order valence-electron chi connectivity index (χ0n) is 8.20. The molecule has 0 heterocycles. The highest BCUT2D eigenvalue weighted by Crippen LogP contribution is 2.22. The topological polar surface area (TPSA) is 49.1 Å². The van der Waals surface area contributed by atoms with E-state index in [0.717, 1.165) is 0 Å². The summed E-state index contributed by atoms with van der Waals surface area (Å²) in [6, 6.07) is 7.58. The van der Waals surface area contributed by atoms with Crippen LogP contribution >= 0.6 is 0 Å². The SMILES string of the molecule is CC(C)(C)c1ccc([S+](N)[O-])cc1. The lowest BCUT2D eigenvalue weighted by Crippen LogP contribution is -2.14. The summed E-state index contributed by atoms with van der Waals surface area (Å²) in [5, 5.41) is 5.25. The van der Waals surface area contributed by atoms with Crippen molar-refractivity contribution in [2.24, 2.45) is 5.14 Å². The van der Waals surface area contributed by atoms with E-state index in [1.54, 1.807) is 0 Å². The van der Waals surface area contributed by atoms with E-state index in [2.05, 4.69) is 20.8 Å². The molecule has 0 fully saturated rings. The van der Waals surface area contributed by atoms with Crippen LogP contribution < -0.4 is 5.14 Å². The van der Waals surface area contributed by atoms with Crippen LogP contribution in [0.2, 0.25) is 0 Å². The average Bonchev–Trinajstić information content (AvgIpc) is 2.03. The van der Waals surface area contributed by atoms with Crippen LogP contribution in [0.1, 0.15) is 26.3 Å². The van der Waals surface area contributed by atoms with Crippen molar-refractivity contribution >= 4 is 11.4 Å². The summed E-state index contributed by atoms with van der Waals surface area (Å²) in [5.41, 5.74) is 1.36. The Bertz CT molecular complexity index is 274. The van der Waals surface area contributed by atoms with Crippen LogP contribution in [0.5, 0.6) is 0 Å². The molecule has 0 saturated heterocycles. The van der Waals surface area contributed by atoms with Gasteiger partial charge in [-0.05, 0) is 23.1 Å². The second kappa shape index (κ2) is 3.70. The van der Waals surface area contributed by atoms with Gasteiger partial charge in [-0.15, -0.1) is 5.14 Å². The molecule has 0 spiro atoms. The van der Waals surface area contributed by atoms with E-state index in [9.17, 15) is 4.55 Å². The second-order valence-corrected chi connectivity index (χ2v) is 5.14. The Morgan fingerprint density at radius 1 is 1.15 bits per heavy atom. The molecule has 0 radical (unpaired) electrons. The maximum atomic E-state index is 10.9. The molecule has 1 aromatic carbocycles. The van der Waals surface area contributed by atoms with Crippen molar-refractivity contribution in [3.05, 3.63) is 29.8 Å². The highest BCUT2D eigenvalue weighted by Gasteiger charge is 2.14. The minimum Gasteiger partial charge on any atom is -0.593 e. The molecular weight excluding hydrogens is 182 g/mol. The van der Waals surface area contributed by atoms with Gasteiger partial charge in [-0.25, -0.2) is 0 Å². The van der Waals surface area contributed by atoms with Gasteiger partial charge in [0.15, 0.2) is 4.90 Å². The van der Waals surface area contributed by atoms with Crippen molar-refractivity contribution < 1.29 is 4.55 Å². The Morgan fingerprint density at radius 2 is 1.62 bits per heavy atom. The van der Waals surface area contributed by atoms with E-state index in [-0.39, 0.29) is 5.41 Å². The highest BCUT2D eigenvalue weighted by molar-refractivity contribution is 7.89. The van der Waals surface area contributed by atoms with Crippen LogP contribution in [-0.2, 0) is 16.8 Å². The molecule has 0 saturated carbocycles. The van der Waals surface area contributed by atoms with Gasteiger partial charge in [-0.2, -0.15) is 0 Å². The lowest BCUT2D eigenvalue weighted by Gasteiger charge is -2.18. The van der Waals surface area contributed by atoms with Gasteiger partial charge < -0.3 is 4.55 Å². The van der Waals surface area contributed by atoms with E-state index < -0.39 is 11.4 Å².